The van der Waals surface area contributed by atoms with Gasteiger partial charge in [-0.2, -0.15) is 0 Å². The van der Waals surface area contributed by atoms with E-state index in [1.165, 1.54) is 97.4 Å². The summed E-state index contributed by atoms with van der Waals surface area (Å²) in [5.74, 6) is -1.87. The zero-order valence-corrected chi connectivity index (χ0v) is 29.1. The van der Waals surface area contributed by atoms with E-state index in [4.69, 9.17) is 10.8 Å². The van der Waals surface area contributed by atoms with Gasteiger partial charge in [-0.15, -0.1) is 22.7 Å². The Bertz CT molecular complexity index is 1830. The van der Waals surface area contributed by atoms with Gasteiger partial charge in [-0.1, -0.05) is 35.4 Å². The van der Waals surface area contributed by atoms with E-state index in [1.807, 2.05) is 12.1 Å². The van der Waals surface area contributed by atoms with E-state index in [0.717, 1.165) is 30.6 Å². The third kappa shape index (κ3) is 8.34. The number of esters is 2. The smallest absolute Gasteiger partial charge is 0.345 e. The van der Waals surface area contributed by atoms with Gasteiger partial charge < -0.3 is 25.6 Å². The first-order valence-corrected chi connectivity index (χ1v) is 16.8. The molecule has 2 aromatic heterocycles. The van der Waals surface area contributed by atoms with Gasteiger partial charge in [-0.3, -0.25) is 14.4 Å². The maximum Gasteiger partial charge on any atom is 0.345 e. The lowest BCUT2D eigenvalue weighted by Crippen LogP contribution is -2.29. The molecule has 0 aliphatic heterocycles. The second kappa shape index (κ2) is 15.5. The fourth-order valence-electron chi connectivity index (χ4n) is 5.88. The fourth-order valence-corrected chi connectivity index (χ4v) is 8.14. The first-order chi connectivity index (χ1) is 22.4. The van der Waals surface area contributed by atoms with Crippen LogP contribution in [0.4, 0.5) is 0 Å². The van der Waals surface area contributed by atoms with Gasteiger partial charge in [0.1, 0.15) is 11.4 Å². The first kappa shape index (κ1) is 35.5. The van der Waals surface area contributed by atoms with Crippen molar-refractivity contribution in [2.75, 3.05) is 27.3 Å². The second-order valence-corrected chi connectivity index (χ2v) is 13.6. The van der Waals surface area contributed by atoms with Crippen LogP contribution in [0.2, 0.25) is 0 Å². The Balaban J connectivity index is 0.000000185. The molecule has 0 saturated heterocycles. The van der Waals surface area contributed by atoms with Gasteiger partial charge in [0, 0.05) is 9.75 Å². The molecule has 4 aromatic rings. The van der Waals surface area contributed by atoms with Crippen molar-refractivity contribution in [3.05, 3.63) is 90.7 Å². The lowest BCUT2D eigenvalue weighted by atomic mass is 9.87. The molecule has 0 saturated carbocycles. The summed E-state index contributed by atoms with van der Waals surface area (Å²) < 4.78 is 8.68. The SMILES string of the molecule is COC(=O)CN.COC(=O)CNC(=O)c1cc2c(s1)-c1cc(C)cc(C)c1CC2.Cc1cc(C)c2c(c1)-c1sc(C(=O)O)cc1CC2. The zero-order chi connectivity index (χ0) is 34.4. The van der Waals surface area contributed by atoms with Crippen LogP contribution >= 0.6 is 22.7 Å². The molecule has 9 nitrogen and oxygen atoms in total. The van der Waals surface area contributed by atoms with Crippen LogP contribution in [0.5, 0.6) is 0 Å². The van der Waals surface area contributed by atoms with Crippen molar-refractivity contribution in [1.82, 2.24) is 5.32 Å². The third-order valence-corrected chi connectivity index (χ3v) is 10.5. The molecule has 11 heteroatoms. The van der Waals surface area contributed by atoms with Gasteiger partial charge in [-0.05, 0) is 110 Å². The highest BCUT2D eigenvalue weighted by Crippen LogP contribution is 2.42. The Morgan fingerprint density at radius 1 is 0.723 bits per heavy atom. The number of aromatic carboxylic acids is 1. The molecule has 2 aliphatic rings. The fraction of sp³-hybridized carbons (Fsp3) is 0.333. The van der Waals surface area contributed by atoms with Gasteiger partial charge in [0.05, 0.1) is 25.6 Å². The average molecular weight is 677 g/mol. The molecule has 4 N–H and O–H groups in total. The molecule has 6 rings (SSSR count). The van der Waals surface area contributed by atoms with Crippen LogP contribution in [0.25, 0.3) is 20.9 Å². The van der Waals surface area contributed by atoms with Crippen LogP contribution in [0.3, 0.4) is 0 Å². The highest BCUT2D eigenvalue weighted by molar-refractivity contribution is 7.18. The number of carboxylic acids is 1. The number of carboxylic acid groups (broad SMARTS) is 1. The standard InChI is InChI=1S/C18H19NO3S.C15H14O2S.C3H7NO2/c1-10-6-11(2)13-5-4-12-8-15(23-17(12)14(13)7-10)18(21)19-9-16(20)22-3;1-8-5-9(2)11-4-3-10-7-13(15(16)17)18-14(10)12(11)6-8;1-6-3(5)2-4/h6-8H,4-5,9H2,1-3H3,(H,19,21);5-7H,3-4H2,1-2H3,(H,16,17);2,4H2,1H3. The van der Waals surface area contributed by atoms with Gasteiger partial charge in [0.25, 0.3) is 5.91 Å². The van der Waals surface area contributed by atoms with Gasteiger partial charge in [0.2, 0.25) is 0 Å². The number of thiophene rings is 2. The lowest BCUT2D eigenvalue weighted by Gasteiger charge is -2.19. The number of carbonyl (C=O) groups excluding carboxylic acids is 3. The first-order valence-electron chi connectivity index (χ1n) is 15.2. The molecular formula is C36H40N2O7S2. The largest absolute Gasteiger partial charge is 0.477 e. The topological polar surface area (TPSA) is 145 Å². The number of nitrogens with two attached hydrogens (primary N) is 1. The Hall–Kier alpha value is -4.32. The van der Waals surface area contributed by atoms with E-state index in [2.05, 4.69) is 66.8 Å². The molecule has 0 fully saturated rings. The number of fused-ring (bicyclic) bond motifs is 6. The van der Waals surface area contributed by atoms with Crippen molar-refractivity contribution in [2.45, 2.75) is 53.4 Å². The summed E-state index contributed by atoms with van der Waals surface area (Å²) in [6.45, 7) is 8.34. The number of carbonyl (C=O) groups is 4. The number of hydrogen-bond donors (Lipinski definition) is 3. The highest BCUT2D eigenvalue weighted by atomic mass is 32.1. The van der Waals surface area contributed by atoms with E-state index < -0.39 is 11.9 Å². The quantitative estimate of drug-likeness (QED) is 0.219. The van der Waals surface area contributed by atoms with Crippen LogP contribution < -0.4 is 11.1 Å². The predicted molar refractivity (Wildman–Crippen MR) is 186 cm³/mol. The number of hydrogen-bond acceptors (Lipinski definition) is 9. The van der Waals surface area contributed by atoms with E-state index in [-0.39, 0.29) is 25.0 Å². The van der Waals surface area contributed by atoms with Crippen molar-refractivity contribution in [2.24, 2.45) is 5.73 Å². The summed E-state index contributed by atoms with van der Waals surface area (Å²) in [7, 11) is 2.61. The molecule has 0 unspecified atom stereocenters. The van der Waals surface area contributed by atoms with Crippen molar-refractivity contribution < 1.29 is 33.8 Å². The maximum absolute atomic E-state index is 12.2. The maximum atomic E-state index is 12.2. The molecule has 0 radical (unpaired) electrons. The Morgan fingerprint density at radius 3 is 1.62 bits per heavy atom. The number of ether oxygens (including phenoxy) is 2. The van der Waals surface area contributed by atoms with Crippen LogP contribution in [0, 0.1) is 27.7 Å². The molecule has 248 valence electrons. The van der Waals surface area contributed by atoms with Crippen LogP contribution in [0.1, 0.15) is 63.9 Å². The summed E-state index contributed by atoms with van der Waals surface area (Å²) in [6.07, 6.45) is 3.93. The molecule has 2 aromatic carbocycles. The van der Waals surface area contributed by atoms with Crippen molar-refractivity contribution in [1.29, 1.82) is 0 Å². The molecule has 2 aliphatic carbocycles. The second-order valence-electron chi connectivity index (χ2n) is 11.5. The number of aryl methyl sites for hydroxylation is 6. The zero-order valence-electron chi connectivity index (χ0n) is 27.5. The molecule has 1 amide bonds. The van der Waals surface area contributed by atoms with E-state index in [9.17, 15) is 19.2 Å². The molecular weight excluding hydrogens is 637 g/mol. The van der Waals surface area contributed by atoms with Crippen LogP contribution in [0.15, 0.2) is 36.4 Å². The predicted octanol–water partition coefficient (Wildman–Crippen LogP) is 5.98. The van der Waals surface area contributed by atoms with E-state index in [1.54, 1.807) is 0 Å². The Labute approximate surface area is 282 Å². The minimum Gasteiger partial charge on any atom is -0.477 e. The summed E-state index contributed by atoms with van der Waals surface area (Å²) in [5, 5.41) is 11.7. The normalized spacial score (nSPS) is 12.0. The Morgan fingerprint density at radius 2 is 1.19 bits per heavy atom. The number of methoxy groups -OCH3 is 2. The number of nitrogens with one attached hydrogen (secondary N) is 1. The lowest BCUT2D eigenvalue weighted by molar-refractivity contribution is -0.140. The highest BCUT2D eigenvalue weighted by Gasteiger charge is 2.24. The van der Waals surface area contributed by atoms with Crippen LogP contribution in [-0.4, -0.2) is 56.2 Å². The molecule has 47 heavy (non-hydrogen) atoms. The summed E-state index contributed by atoms with van der Waals surface area (Å²) >= 11 is 2.90. The van der Waals surface area contributed by atoms with E-state index >= 15 is 0 Å². The number of amides is 1. The molecule has 0 atom stereocenters. The van der Waals surface area contributed by atoms with Gasteiger partial charge in [-0.25, -0.2) is 4.79 Å². The summed E-state index contributed by atoms with van der Waals surface area (Å²) in [4.78, 5) is 47.7. The number of rotatable bonds is 5. The minimum absolute atomic E-state index is 0.0312. The average Bonchev–Trinajstić information content (AvgIpc) is 3.69. The van der Waals surface area contributed by atoms with E-state index in [0.29, 0.717) is 9.75 Å². The summed E-state index contributed by atoms with van der Waals surface area (Å²) in [6, 6.07) is 12.6. The van der Waals surface area contributed by atoms with Gasteiger partial charge in [0.15, 0.2) is 0 Å². The van der Waals surface area contributed by atoms with Crippen molar-refractivity contribution >= 4 is 46.5 Å². The molecule has 2 heterocycles. The van der Waals surface area contributed by atoms with Crippen molar-refractivity contribution in [3.63, 3.8) is 0 Å². The van der Waals surface area contributed by atoms with Crippen LogP contribution in [-0.2, 0) is 44.7 Å². The van der Waals surface area contributed by atoms with Gasteiger partial charge >= 0.3 is 17.9 Å². The molecule has 0 spiro atoms. The monoisotopic (exact) mass is 676 g/mol. The Kier molecular flexibility index (Phi) is 11.7. The third-order valence-electron chi connectivity index (χ3n) is 8.08. The summed E-state index contributed by atoms with van der Waals surface area (Å²) in [5.41, 5.74) is 17.6. The molecule has 0 bridgehead atoms. The number of benzene rings is 2. The van der Waals surface area contributed by atoms with Crippen molar-refractivity contribution in [3.8, 4) is 20.9 Å². The minimum atomic E-state index is -0.819.